The van der Waals surface area contributed by atoms with Crippen molar-refractivity contribution in [3.05, 3.63) is 29.8 Å². The minimum atomic E-state index is -0.164. The molecule has 0 heterocycles. The lowest BCUT2D eigenvalue weighted by Crippen LogP contribution is -2.24. The molecule has 1 aliphatic rings. The van der Waals surface area contributed by atoms with Crippen LogP contribution in [-0.4, -0.2) is 12.1 Å². The number of hydrogen-bond acceptors (Lipinski definition) is 3. The molecular weight excluding hydrogens is 238 g/mol. The number of nitrogen functional groups attached to an aromatic ring is 1. The van der Waals surface area contributed by atoms with Crippen LogP contribution in [0.4, 0.5) is 5.69 Å². The van der Waals surface area contributed by atoms with Crippen LogP contribution in [0.1, 0.15) is 56.9 Å². The lowest BCUT2D eigenvalue weighted by atomic mass is 9.95. The summed E-state index contributed by atoms with van der Waals surface area (Å²) in [7, 11) is 0. The van der Waals surface area contributed by atoms with Crippen LogP contribution in [0, 0.1) is 0 Å². The Morgan fingerprint density at radius 2 is 1.89 bits per heavy atom. The number of esters is 1. The molecule has 0 radical (unpaired) electrons. The van der Waals surface area contributed by atoms with Gasteiger partial charge in [0.25, 0.3) is 0 Å². The fourth-order valence-electron chi connectivity index (χ4n) is 2.70. The molecule has 1 fully saturated rings. The molecule has 2 rings (SSSR count). The first-order valence-electron chi connectivity index (χ1n) is 7.26. The van der Waals surface area contributed by atoms with E-state index in [1.807, 2.05) is 31.2 Å². The van der Waals surface area contributed by atoms with E-state index in [2.05, 4.69) is 0 Å². The predicted molar refractivity (Wildman–Crippen MR) is 76.9 cm³/mol. The number of rotatable bonds is 4. The summed E-state index contributed by atoms with van der Waals surface area (Å²) in [5.74, 6) is -0.248. The Bertz CT molecular complexity index is 407. The van der Waals surface area contributed by atoms with Crippen LogP contribution in [0.15, 0.2) is 24.3 Å². The van der Waals surface area contributed by atoms with Gasteiger partial charge in [0.15, 0.2) is 0 Å². The number of nitrogens with two attached hydrogens (primary N) is 1. The van der Waals surface area contributed by atoms with Gasteiger partial charge in [0.05, 0.1) is 5.92 Å². The van der Waals surface area contributed by atoms with E-state index in [4.69, 9.17) is 10.5 Å². The Hall–Kier alpha value is -1.51. The summed E-state index contributed by atoms with van der Waals surface area (Å²) in [6.07, 6.45) is 6.55. The van der Waals surface area contributed by atoms with Gasteiger partial charge in [-0.25, -0.2) is 0 Å². The number of anilines is 1. The SMILES string of the molecule is CCC(C(=O)OC1CCCCC1)c1ccc(N)cc1. The summed E-state index contributed by atoms with van der Waals surface area (Å²) < 4.78 is 5.66. The van der Waals surface area contributed by atoms with Crippen molar-refractivity contribution in [1.82, 2.24) is 0 Å². The molecule has 0 amide bonds. The standard InChI is InChI=1S/C16H23NO2/c1-2-15(12-8-10-13(17)11-9-12)16(18)19-14-6-4-3-5-7-14/h8-11,14-15H,2-7,17H2,1H3. The number of ether oxygens (including phenoxy) is 1. The summed E-state index contributed by atoms with van der Waals surface area (Å²) in [5, 5.41) is 0. The molecule has 3 nitrogen and oxygen atoms in total. The van der Waals surface area contributed by atoms with Crippen molar-refractivity contribution >= 4 is 11.7 Å². The lowest BCUT2D eigenvalue weighted by Gasteiger charge is -2.24. The van der Waals surface area contributed by atoms with E-state index in [0.717, 1.165) is 30.5 Å². The monoisotopic (exact) mass is 261 g/mol. The van der Waals surface area contributed by atoms with Crippen LogP contribution >= 0.6 is 0 Å². The second kappa shape index (κ2) is 6.60. The Balaban J connectivity index is 2.00. The minimum Gasteiger partial charge on any atom is -0.462 e. The van der Waals surface area contributed by atoms with Gasteiger partial charge in [0.2, 0.25) is 0 Å². The molecule has 3 heteroatoms. The first-order chi connectivity index (χ1) is 9.20. The summed E-state index contributed by atoms with van der Waals surface area (Å²) in [4.78, 5) is 12.3. The molecule has 0 bridgehead atoms. The summed E-state index contributed by atoms with van der Waals surface area (Å²) in [6, 6.07) is 7.52. The van der Waals surface area contributed by atoms with Crippen LogP contribution in [0.2, 0.25) is 0 Å². The van der Waals surface area contributed by atoms with Gasteiger partial charge in [-0.05, 0) is 49.8 Å². The normalized spacial score (nSPS) is 17.9. The third-order valence-electron chi connectivity index (χ3n) is 3.87. The van der Waals surface area contributed by atoms with Gasteiger partial charge in [-0.3, -0.25) is 4.79 Å². The van der Waals surface area contributed by atoms with E-state index >= 15 is 0 Å². The van der Waals surface area contributed by atoms with Crippen LogP contribution < -0.4 is 5.73 Å². The number of carbonyl (C=O) groups is 1. The van der Waals surface area contributed by atoms with Gasteiger partial charge in [-0.1, -0.05) is 25.5 Å². The zero-order valence-electron chi connectivity index (χ0n) is 11.6. The summed E-state index contributed by atoms with van der Waals surface area (Å²) in [6.45, 7) is 2.02. The molecule has 2 N–H and O–H groups in total. The van der Waals surface area contributed by atoms with Crippen molar-refractivity contribution in [3.8, 4) is 0 Å². The molecular formula is C16H23NO2. The largest absolute Gasteiger partial charge is 0.462 e. The number of carbonyl (C=O) groups excluding carboxylic acids is 1. The molecule has 1 saturated carbocycles. The molecule has 0 spiro atoms. The smallest absolute Gasteiger partial charge is 0.313 e. The Morgan fingerprint density at radius 3 is 2.47 bits per heavy atom. The molecule has 104 valence electrons. The highest BCUT2D eigenvalue weighted by molar-refractivity contribution is 5.78. The number of benzene rings is 1. The maximum Gasteiger partial charge on any atom is 0.313 e. The zero-order valence-corrected chi connectivity index (χ0v) is 11.6. The topological polar surface area (TPSA) is 52.3 Å². The Morgan fingerprint density at radius 1 is 1.26 bits per heavy atom. The Kier molecular flexibility index (Phi) is 4.83. The average molecular weight is 261 g/mol. The average Bonchev–Trinajstić information content (AvgIpc) is 2.43. The van der Waals surface area contributed by atoms with Gasteiger partial charge in [0.1, 0.15) is 6.10 Å². The van der Waals surface area contributed by atoms with Crippen LogP contribution in [0.3, 0.4) is 0 Å². The van der Waals surface area contributed by atoms with Crippen molar-refractivity contribution in [3.63, 3.8) is 0 Å². The van der Waals surface area contributed by atoms with E-state index in [9.17, 15) is 4.79 Å². The maximum atomic E-state index is 12.3. The van der Waals surface area contributed by atoms with Gasteiger partial charge in [-0.2, -0.15) is 0 Å². The van der Waals surface area contributed by atoms with Crippen LogP contribution in [0.5, 0.6) is 0 Å². The van der Waals surface area contributed by atoms with Crippen molar-refractivity contribution in [2.45, 2.75) is 57.5 Å². The van der Waals surface area contributed by atoms with Gasteiger partial charge in [0, 0.05) is 5.69 Å². The van der Waals surface area contributed by atoms with Gasteiger partial charge in [-0.15, -0.1) is 0 Å². The van der Waals surface area contributed by atoms with Crippen molar-refractivity contribution in [2.75, 3.05) is 5.73 Å². The molecule has 0 aromatic heterocycles. The third kappa shape index (κ3) is 3.72. The fraction of sp³-hybridized carbons (Fsp3) is 0.562. The van der Waals surface area contributed by atoms with E-state index in [1.54, 1.807) is 0 Å². The van der Waals surface area contributed by atoms with E-state index < -0.39 is 0 Å². The summed E-state index contributed by atoms with van der Waals surface area (Å²) >= 11 is 0. The first kappa shape index (κ1) is 13.9. The molecule has 1 aromatic carbocycles. The van der Waals surface area contributed by atoms with Gasteiger partial charge < -0.3 is 10.5 Å². The molecule has 0 saturated heterocycles. The third-order valence-corrected chi connectivity index (χ3v) is 3.87. The molecule has 1 aromatic rings. The second-order valence-electron chi connectivity index (χ2n) is 5.32. The van der Waals surface area contributed by atoms with Crippen molar-refractivity contribution < 1.29 is 9.53 Å². The molecule has 19 heavy (non-hydrogen) atoms. The van der Waals surface area contributed by atoms with E-state index in [0.29, 0.717) is 0 Å². The fourth-order valence-corrected chi connectivity index (χ4v) is 2.70. The molecule has 1 aliphatic carbocycles. The van der Waals surface area contributed by atoms with Gasteiger partial charge >= 0.3 is 5.97 Å². The minimum absolute atomic E-state index is 0.0841. The molecule has 1 unspecified atom stereocenters. The first-order valence-corrected chi connectivity index (χ1v) is 7.26. The summed E-state index contributed by atoms with van der Waals surface area (Å²) in [5.41, 5.74) is 7.40. The van der Waals surface area contributed by atoms with Crippen LogP contribution in [-0.2, 0) is 9.53 Å². The molecule has 1 atom stereocenters. The van der Waals surface area contributed by atoms with Crippen molar-refractivity contribution in [2.24, 2.45) is 0 Å². The maximum absolute atomic E-state index is 12.3. The highest BCUT2D eigenvalue weighted by atomic mass is 16.5. The van der Waals surface area contributed by atoms with E-state index in [1.165, 1.54) is 19.3 Å². The Labute approximate surface area is 115 Å². The highest BCUT2D eigenvalue weighted by Crippen LogP contribution is 2.26. The highest BCUT2D eigenvalue weighted by Gasteiger charge is 2.24. The predicted octanol–water partition coefficient (Wildman–Crippen LogP) is 3.64. The molecule has 0 aliphatic heterocycles. The second-order valence-corrected chi connectivity index (χ2v) is 5.32. The lowest BCUT2D eigenvalue weighted by molar-refractivity contribution is -0.152. The van der Waals surface area contributed by atoms with E-state index in [-0.39, 0.29) is 18.0 Å². The zero-order chi connectivity index (χ0) is 13.7. The number of hydrogen-bond donors (Lipinski definition) is 1. The quantitative estimate of drug-likeness (QED) is 0.665. The van der Waals surface area contributed by atoms with Crippen LogP contribution in [0.25, 0.3) is 0 Å². The van der Waals surface area contributed by atoms with Crippen molar-refractivity contribution in [1.29, 1.82) is 0 Å².